The van der Waals surface area contributed by atoms with Crippen LogP contribution in [0.5, 0.6) is 5.75 Å². The van der Waals surface area contributed by atoms with Gasteiger partial charge in [0.1, 0.15) is 17.5 Å². The third kappa shape index (κ3) is 3.77. The minimum absolute atomic E-state index is 0.00140. The van der Waals surface area contributed by atoms with Crippen LogP contribution in [0.2, 0.25) is 0 Å². The molecule has 1 fully saturated rings. The number of halogens is 1. The molecule has 3 aromatic rings. The van der Waals surface area contributed by atoms with Gasteiger partial charge in [0.05, 0.1) is 37.1 Å². The van der Waals surface area contributed by atoms with Gasteiger partial charge in [-0.2, -0.15) is 0 Å². The van der Waals surface area contributed by atoms with E-state index in [4.69, 9.17) is 4.74 Å². The van der Waals surface area contributed by atoms with Crippen LogP contribution in [0.4, 0.5) is 0 Å². The lowest BCUT2D eigenvalue weighted by Gasteiger charge is -2.24. The first kappa shape index (κ1) is 20.7. The zero-order valence-electron chi connectivity index (χ0n) is 17.8. The van der Waals surface area contributed by atoms with Crippen LogP contribution in [0.25, 0.3) is 16.9 Å². The Kier molecular flexibility index (Phi) is 5.42. The van der Waals surface area contributed by atoms with Crippen molar-refractivity contribution in [2.24, 2.45) is 5.92 Å². The number of methoxy groups -OCH3 is 1. The molecular weight excluding hydrogens is 472 g/mol. The summed E-state index contributed by atoms with van der Waals surface area (Å²) in [5.41, 5.74) is 3.37. The lowest BCUT2D eigenvalue weighted by Crippen LogP contribution is -2.40. The van der Waals surface area contributed by atoms with E-state index in [2.05, 4.69) is 36.5 Å². The molecule has 3 heterocycles. The monoisotopic (exact) mass is 494 g/mol. The molecule has 1 aliphatic carbocycles. The van der Waals surface area contributed by atoms with Crippen molar-refractivity contribution < 1.29 is 9.53 Å². The molecule has 0 saturated carbocycles. The lowest BCUT2D eigenvalue weighted by atomic mass is 9.91. The predicted molar refractivity (Wildman–Crippen MR) is 124 cm³/mol. The molecule has 5 rings (SSSR count). The fraction of sp³-hybridized carbons (Fsp3) is 0.304. The molecule has 3 unspecified atom stereocenters. The number of nitrogens with one attached hydrogen (secondary N) is 1. The fourth-order valence-corrected chi connectivity index (χ4v) is 4.97. The Balaban J connectivity index is 1.40. The van der Waals surface area contributed by atoms with Crippen LogP contribution in [-0.4, -0.2) is 43.6 Å². The predicted octanol–water partition coefficient (Wildman–Crippen LogP) is 3.73. The second kappa shape index (κ2) is 8.38. The fourth-order valence-electron chi connectivity index (χ4n) is 4.31. The van der Waals surface area contributed by atoms with Gasteiger partial charge in [0.2, 0.25) is 5.91 Å². The van der Waals surface area contributed by atoms with Gasteiger partial charge < -0.3 is 14.6 Å². The average molecular weight is 495 g/mol. The van der Waals surface area contributed by atoms with E-state index in [1.54, 1.807) is 18.1 Å². The number of amides is 1. The van der Waals surface area contributed by atoms with Crippen molar-refractivity contribution in [2.75, 3.05) is 7.11 Å². The second-order valence-corrected chi connectivity index (χ2v) is 8.98. The van der Waals surface area contributed by atoms with E-state index in [0.717, 1.165) is 27.8 Å². The first-order chi connectivity index (χ1) is 15.5. The van der Waals surface area contributed by atoms with Crippen LogP contribution in [0.15, 0.2) is 59.6 Å². The van der Waals surface area contributed by atoms with Gasteiger partial charge in [0.25, 0.3) is 0 Å². The molecule has 32 heavy (non-hydrogen) atoms. The maximum atomic E-state index is 12.9. The molecule has 9 heteroatoms. The molecule has 8 nitrogen and oxygen atoms in total. The minimum Gasteiger partial charge on any atom is -0.495 e. The largest absolute Gasteiger partial charge is 0.495 e. The highest BCUT2D eigenvalue weighted by Crippen LogP contribution is 2.35. The summed E-state index contributed by atoms with van der Waals surface area (Å²) in [5.74, 6) is 0.916. The smallest absolute Gasteiger partial charge is 0.245 e. The topological polar surface area (TPSA) is 86.9 Å². The van der Waals surface area contributed by atoms with Crippen molar-refractivity contribution in [3.05, 3.63) is 65.3 Å². The van der Waals surface area contributed by atoms with Gasteiger partial charge in [-0.15, -0.1) is 5.10 Å². The molecule has 1 aliphatic heterocycles. The summed E-state index contributed by atoms with van der Waals surface area (Å²) in [5, 5.41) is 11.8. The van der Waals surface area contributed by atoms with Gasteiger partial charge >= 0.3 is 0 Å². The number of rotatable bonds is 4. The van der Waals surface area contributed by atoms with Gasteiger partial charge in [-0.25, -0.2) is 9.67 Å². The van der Waals surface area contributed by atoms with E-state index in [0.29, 0.717) is 17.9 Å². The van der Waals surface area contributed by atoms with Gasteiger partial charge in [-0.05, 0) is 31.9 Å². The van der Waals surface area contributed by atoms with Crippen molar-refractivity contribution in [3.63, 3.8) is 0 Å². The van der Waals surface area contributed by atoms with E-state index >= 15 is 0 Å². The highest BCUT2D eigenvalue weighted by molar-refractivity contribution is 9.11. The van der Waals surface area contributed by atoms with E-state index in [-0.39, 0.29) is 17.9 Å². The standard InChI is InChI=1S/C23H23BrN6O2/c1-14-11-29(13-25-14)20-8-6-15(10-22(20)32-2)19-12-30(28-27-19)21-9-7-16-17(24)4-3-5-18(16)26-23(21)31/h3-6,8,10-13,16,18,21H,7,9H2,1-2H3,(H,26,31). The highest BCUT2D eigenvalue weighted by Gasteiger charge is 2.34. The Morgan fingerprint density at radius 1 is 1.25 bits per heavy atom. The Bertz CT molecular complexity index is 1230. The molecule has 2 aliphatic rings. The van der Waals surface area contributed by atoms with Crippen molar-refractivity contribution in [2.45, 2.75) is 31.8 Å². The first-order valence-electron chi connectivity index (χ1n) is 10.5. The van der Waals surface area contributed by atoms with Gasteiger partial charge in [0, 0.05) is 22.2 Å². The van der Waals surface area contributed by atoms with Crippen LogP contribution in [0.3, 0.4) is 0 Å². The van der Waals surface area contributed by atoms with Crippen molar-refractivity contribution in [3.8, 4) is 22.7 Å². The number of hydrogen-bond acceptors (Lipinski definition) is 5. The van der Waals surface area contributed by atoms with Crippen molar-refractivity contribution >= 4 is 21.8 Å². The third-order valence-electron chi connectivity index (χ3n) is 6.02. The van der Waals surface area contributed by atoms with Gasteiger partial charge in [-0.3, -0.25) is 4.79 Å². The van der Waals surface area contributed by atoms with Crippen LogP contribution in [-0.2, 0) is 4.79 Å². The zero-order valence-corrected chi connectivity index (χ0v) is 19.4. The number of ether oxygens (including phenoxy) is 1. The van der Waals surface area contributed by atoms with Crippen LogP contribution >= 0.6 is 15.9 Å². The summed E-state index contributed by atoms with van der Waals surface area (Å²) in [6.07, 6.45) is 13.2. The Labute approximate surface area is 194 Å². The van der Waals surface area contributed by atoms with Crippen LogP contribution in [0.1, 0.15) is 24.6 Å². The highest BCUT2D eigenvalue weighted by atomic mass is 79.9. The zero-order chi connectivity index (χ0) is 22.2. The summed E-state index contributed by atoms with van der Waals surface area (Å²) in [6, 6.07) is 5.46. The quantitative estimate of drug-likeness (QED) is 0.596. The summed E-state index contributed by atoms with van der Waals surface area (Å²) in [4.78, 5) is 17.2. The first-order valence-corrected chi connectivity index (χ1v) is 11.3. The summed E-state index contributed by atoms with van der Waals surface area (Å²) in [7, 11) is 1.64. The number of imidazole rings is 1. The average Bonchev–Trinajstić information content (AvgIpc) is 3.41. The summed E-state index contributed by atoms with van der Waals surface area (Å²) < 4.78 is 10.3. The lowest BCUT2D eigenvalue weighted by molar-refractivity contribution is -0.124. The van der Waals surface area contributed by atoms with Crippen molar-refractivity contribution in [1.82, 2.24) is 29.9 Å². The number of hydrogen-bond donors (Lipinski definition) is 1. The number of aryl methyl sites for hydroxylation is 1. The minimum atomic E-state index is -0.398. The Morgan fingerprint density at radius 3 is 2.91 bits per heavy atom. The molecular formula is C23H23BrN6O2. The van der Waals surface area contributed by atoms with E-state index in [1.165, 1.54) is 0 Å². The summed E-state index contributed by atoms with van der Waals surface area (Å²) in [6.45, 7) is 1.94. The van der Waals surface area contributed by atoms with E-state index in [1.807, 2.05) is 60.3 Å². The second-order valence-electron chi connectivity index (χ2n) is 8.06. The molecule has 0 bridgehead atoms. The molecule has 164 valence electrons. The molecule has 0 spiro atoms. The number of carbonyl (C=O) groups is 1. The number of fused-ring (bicyclic) bond motifs is 1. The molecule has 1 saturated heterocycles. The van der Waals surface area contributed by atoms with Crippen LogP contribution in [0, 0.1) is 12.8 Å². The number of aromatic nitrogens is 5. The number of carbonyl (C=O) groups excluding carboxylic acids is 1. The molecule has 0 radical (unpaired) electrons. The SMILES string of the molecule is COc1cc(-c2cn(C3CCC4C(Br)=CC=CC4NC3=O)nn2)ccc1-n1cnc(C)c1. The molecule has 2 aromatic heterocycles. The molecule has 1 amide bonds. The number of allylic oxidation sites excluding steroid dienone is 2. The third-order valence-corrected chi connectivity index (χ3v) is 6.87. The van der Waals surface area contributed by atoms with E-state index in [9.17, 15) is 4.79 Å². The Morgan fingerprint density at radius 2 is 2.12 bits per heavy atom. The molecule has 1 N–H and O–H groups in total. The maximum Gasteiger partial charge on any atom is 0.245 e. The molecule has 1 aromatic carbocycles. The van der Waals surface area contributed by atoms with Gasteiger partial charge in [0.15, 0.2) is 0 Å². The van der Waals surface area contributed by atoms with Crippen molar-refractivity contribution in [1.29, 1.82) is 0 Å². The number of nitrogens with zero attached hydrogens (tertiary/aromatic N) is 5. The normalized spacial score (nSPS) is 22.7. The maximum absolute atomic E-state index is 12.9. The summed E-state index contributed by atoms with van der Waals surface area (Å²) >= 11 is 3.64. The Hall–Kier alpha value is -3.20. The van der Waals surface area contributed by atoms with E-state index < -0.39 is 6.04 Å². The number of benzene rings is 1. The molecule has 3 atom stereocenters. The van der Waals surface area contributed by atoms with Gasteiger partial charge in [-0.1, -0.05) is 45.4 Å². The van der Waals surface area contributed by atoms with Crippen LogP contribution < -0.4 is 10.1 Å².